The van der Waals surface area contributed by atoms with Gasteiger partial charge in [-0.25, -0.2) is 13.1 Å². The summed E-state index contributed by atoms with van der Waals surface area (Å²) in [6.45, 7) is 10.2. The molecule has 0 aliphatic rings. The molecular weight excluding hydrogens is 507 g/mol. The molecule has 1 aromatic carbocycles. The molecule has 10 heteroatoms. The number of aliphatic imine (C=N–C) groups is 1. The van der Waals surface area contributed by atoms with Gasteiger partial charge in [-0.1, -0.05) is 12.1 Å². The lowest BCUT2D eigenvalue weighted by Gasteiger charge is -2.26. The Morgan fingerprint density at radius 1 is 1.21 bits per heavy atom. The van der Waals surface area contributed by atoms with Gasteiger partial charge in [0.15, 0.2) is 5.96 Å². The minimum absolute atomic E-state index is 0. The maximum absolute atomic E-state index is 11.5. The van der Waals surface area contributed by atoms with Crippen molar-refractivity contribution in [2.75, 3.05) is 39.7 Å². The van der Waals surface area contributed by atoms with E-state index in [1.165, 1.54) is 0 Å². The van der Waals surface area contributed by atoms with Gasteiger partial charge in [0.25, 0.3) is 0 Å². The monoisotopic (exact) mass is 542 g/mol. The van der Waals surface area contributed by atoms with Crippen LogP contribution in [0.25, 0.3) is 0 Å². The summed E-state index contributed by atoms with van der Waals surface area (Å²) in [6, 6.07) is 6.04. The van der Waals surface area contributed by atoms with Crippen LogP contribution in [0, 0.1) is 6.92 Å². The molecule has 0 bridgehead atoms. The van der Waals surface area contributed by atoms with Gasteiger partial charge in [-0.2, -0.15) is 0 Å². The largest absolute Gasteiger partial charge is 0.491 e. The van der Waals surface area contributed by atoms with E-state index in [1.807, 2.05) is 32.0 Å². The number of aryl methyl sites for hydroxylation is 1. The summed E-state index contributed by atoms with van der Waals surface area (Å²) >= 11 is 0. The number of ether oxygens (including phenoxy) is 2. The topological polar surface area (TPSA) is 101 Å². The Kier molecular flexibility index (Phi) is 12.7. The normalized spacial score (nSPS) is 12.3. The van der Waals surface area contributed by atoms with Crippen molar-refractivity contribution in [1.82, 2.24) is 15.4 Å². The first kappa shape index (κ1) is 27.9. The third kappa shape index (κ3) is 12.2. The number of nitrogens with one attached hydrogen (secondary N) is 3. The lowest BCUT2D eigenvalue weighted by Crippen LogP contribution is -2.52. The average Bonchev–Trinajstić information content (AvgIpc) is 2.58. The highest BCUT2D eigenvalue weighted by atomic mass is 127. The van der Waals surface area contributed by atoms with Crippen molar-refractivity contribution in [3.05, 3.63) is 29.3 Å². The van der Waals surface area contributed by atoms with Gasteiger partial charge >= 0.3 is 0 Å². The standard InChI is InChI=1S/C19H34N4O4S.HI/c1-7-26-10-11-27-17-12-15(2)8-9-16(17)13-21-18(20-5)22-14-19(3,4)23-28(6,24)25;/h8-9,12,23H,7,10-11,13-14H2,1-6H3,(H2,20,21,22);1H. The van der Waals surface area contributed by atoms with Crippen LogP contribution >= 0.6 is 24.0 Å². The van der Waals surface area contributed by atoms with Crippen molar-refractivity contribution in [3.8, 4) is 5.75 Å². The molecule has 0 heterocycles. The maximum atomic E-state index is 11.5. The van der Waals surface area contributed by atoms with Crippen LogP contribution in [0.1, 0.15) is 31.9 Å². The molecule has 0 unspecified atom stereocenters. The molecule has 0 saturated heterocycles. The van der Waals surface area contributed by atoms with Crippen LogP contribution in [0.2, 0.25) is 0 Å². The Labute approximate surface area is 192 Å². The number of nitrogens with zero attached hydrogens (tertiary/aromatic N) is 1. The van der Waals surface area contributed by atoms with Gasteiger partial charge in [0.2, 0.25) is 10.0 Å². The van der Waals surface area contributed by atoms with Gasteiger partial charge in [-0.15, -0.1) is 24.0 Å². The zero-order valence-electron chi connectivity index (χ0n) is 18.2. The maximum Gasteiger partial charge on any atom is 0.209 e. The molecule has 0 atom stereocenters. The second-order valence-electron chi connectivity index (χ2n) is 7.19. The molecule has 0 aromatic heterocycles. The Balaban J connectivity index is 0.00000784. The van der Waals surface area contributed by atoms with Gasteiger partial charge in [-0.3, -0.25) is 4.99 Å². The van der Waals surface area contributed by atoms with E-state index < -0.39 is 15.6 Å². The third-order valence-corrected chi connectivity index (χ3v) is 4.66. The van der Waals surface area contributed by atoms with E-state index in [0.717, 1.165) is 23.1 Å². The second-order valence-corrected chi connectivity index (χ2v) is 8.94. The highest BCUT2D eigenvalue weighted by Crippen LogP contribution is 2.20. The fourth-order valence-corrected chi connectivity index (χ4v) is 3.62. The number of halogens is 1. The summed E-state index contributed by atoms with van der Waals surface area (Å²) in [5.41, 5.74) is 1.47. The van der Waals surface area contributed by atoms with E-state index in [4.69, 9.17) is 9.47 Å². The van der Waals surface area contributed by atoms with Gasteiger partial charge in [-0.05, 0) is 39.3 Å². The first-order chi connectivity index (χ1) is 13.1. The summed E-state index contributed by atoms with van der Waals surface area (Å²) in [6.07, 6.45) is 1.15. The van der Waals surface area contributed by atoms with E-state index in [0.29, 0.717) is 38.9 Å². The van der Waals surface area contributed by atoms with Crippen molar-refractivity contribution >= 4 is 40.0 Å². The molecule has 0 aliphatic carbocycles. The molecule has 8 nitrogen and oxygen atoms in total. The van der Waals surface area contributed by atoms with Crippen molar-refractivity contribution < 1.29 is 17.9 Å². The zero-order valence-corrected chi connectivity index (χ0v) is 21.3. The van der Waals surface area contributed by atoms with Crippen LogP contribution in [0.15, 0.2) is 23.2 Å². The highest BCUT2D eigenvalue weighted by Gasteiger charge is 2.22. The SMILES string of the molecule is CCOCCOc1cc(C)ccc1CNC(=NC)NCC(C)(C)NS(C)(=O)=O.I. The predicted molar refractivity (Wildman–Crippen MR) is 129 cm³/mol. The van der Waals surface area contributed by atoms with E-state index in [1.54, 1.807) is 20.9 Å². The lowest BCUT2D eigenvalue weighted by molar-refractivity contribution is 0.110. The third-order valence-electron chi connectivity index (χ3n) is 3.74. The lowest BCUT2D eigenvalue weighted by atomic mass is 10.1. The summed E-state index contributed by atoms with van der Waals surface area (Å²) in [7, 11) is -1.62. The number of rotatable bonds is 11. The molecule has 0 amide bonds. The van der Waals surface area contributed by atoms with Gasteiger partial charge in [0.05, 0.1) is 12.9 Å². The number of hydrogen-bond acceptors (Lipinski definition) is 5. The number of sulfonamides is 1. The molecule has 0 radical (unpaired) electrons. The number of guanidine groups is 1. The zero-order chi connectivity index (χ0) is 21.2. The summed E-state index contributed by atoms with van der Waals surface area (Å²) in [5, 5.41) is 6.38. The molecule has 3 N–H and O–H groups in total. The van der Waals surface area contributed by atoms with E-state index >= 15 is 0 Å². The summed E-state index contributed by atoms with van der Waals surface area (Å²) < 4.78 is 36.7. The Bertz CT molecular complexity index is 755. The Morgan fingerprint density at radius 2 is 1.90 bits per heavy atom. The molecule has 1 rings (SSSR count). The van der Waals surface area contributed by atoms with E-state index in [9.17, 15) is 8.42 Å². The van der Waals surface area contributed by atoms with E-state index in [2.05, 4.69) is 20.3 Å². The van der Waals surface area contributed by atoms with Crippen LogP contribution in [0.3, 0.4) is 0 Å². The molecule has 29 heavy (non-hydrogen) atoms. The summed E-state index contributed by atoms with van der Waals surface area (Å²) in [4.78, 5) is 4.19. The first-order valence-corrected chi connectivity index (χ1v) is 11.2. The fraction of sp³-hybridized carbons (Fsp3) is 0.632. The van der Waals surface area contributed by atoms with Crippen molar-refractivity contribution in [2.24, 2.45) is 4.99 Å². The number of hydrogen-bond donors (Lipinski definition) is 3. The van der Waals surface area contributed by atoms with Crippen molar-refractivity contribution in [3.63, 3.8) is 0 Å². The summed E-state index contributed by atoms with van der Waals surface area (Å²) in [5.74, 6) is 1.38. The minimum atomic E-state index is -3.29. The van der Waals surface area contributed by atoms with Gasteiger partial charge < -0.3 is 20.1 Å². The van der Waals surface area contributed by atoms with E-state index in [-0.39, 0.29) is 24.0 Å². The highest BCUT2D eigenvalue weighted by molar-refractivity contribution is 14.0. The van der Waals surface area contributed by atoms with Crippen LogP contribution in [0.4, 0.5) is 0 Å². The molecule has 0 saturated carbocycles. The van der Waals surface area contributed by atoms with Gasteiger partial charge in [0, 0.05) is 37.8 Å². The molecular formula is C19H35IN4O4S. The van der Waals surface area contributed by atoms with Crippen LogP contribution < -0.4 is 20.1 Å². The predicted octanol–water partition coefficient (Wildman–Crippen LogP) is 2.02. The quantitative estimate of drug-likeness (QED) is 0.171. The molecule has 168 valence electrons. The fourth-order valence-electron chi connectivity index (χ4n) is 2.54. The van der Waals surface area contributed by atoms with Crippen LogP contribution in [-0.4, -0.2) is 59.6 Å². The van der Waals surface area contributed by atoms with Crippen molar-refractivity contribution in [2.45, 2.75) is 39.8 Å². The minimum Gasteiger partial charge on any atom is -0.491 e. The first-order valence-electron chi connectivity index (χ1n) is 9.30. The van der Waals surface area contributed by atoms with Crippen molar-refractivity contribution in [1.29, 1.82) is 0 Å². The molecule has 0 aliphatic heterocycles. The molecule has 0 spiro atoms. The molecule has 1 aromatic rings. The Hall–Kier alpha value is -1.11. The number of benzene rings is 1. The average molecular weight is 542 g/mol. The van der Waals surface area contributed by atoms with Crippen LogP contribution in [-0.2, 0) is 21.3 Å². The van der Waals surface area contributed by atoms with Crippen LogP contribution in [0.5, 0.6) is 5.75 Å². The smallest absolute Gasteiger partial charge is 0.209 e. The second kappa shape index (κ2) is 13.2. The molecule has 0 fully saturated rings. The Morgan fingerprint density at radius 3 is 2.48 bits per heavy atom. The van der Waals surface area contributed by atoms with Gasteiger partial charge in [0.1, 0.15) is 12.4 Å².